The standard InChI is InChI=1S/C11H20N/c1-2-3-4-6-9-12-10-7-5-8-11-12/h4,6H,1-3,5,7-11H2. The smallest absolute Gasteiger partial charge is 0.0163 e. The minimum Gasteiger partial charge on any atom is -0.300 e. The molecule has 0 spiro atoms. The Hall–Kier alpha value is -0.300. The van der Waals surface area contributed by atoms with Crippen molar-refractivity contribution in [3.63, 3.8) is 0 Å². The predicted octanol–water partition coefficient (Wildman–Crippen LogP) is 2.64. The molecule has 0 bridgehead atoms. The van der Waals surface area contributed by atoms with Crippen molar-refractivity contribution in [2.75, 3.05) is 19.6 Å². The van der Waals surface area contributed by atoms with E-state index in [1.54, 1.807) is 0 Å². The van der Waals surface area contributed by atoms with Gasteiger partial charge in [-0.25, -0.2) is 0 Å². The van der Waals surface area contributed by atoms with E-state index < -0.39 is 0 Å². The van der Waals surface area contributed by atoms with Crippen LogP contribution in [0.3, 0.4) is 0 Å². The molecule has 0 N–H and O–H groups in total. The quantitative estimate of drug-likeness (QED) is 0.580. The molecule has 0 atom stereocenters. The van der Waals surface area contributed by atoms with Gasteiger partial charge in [0.1, 0.15) is 0 Å². The molecule has 0 amide bonds. The van der Waals surface area contributed by atoms with Gasteiger partial charge in [0.15, 0.2) is 0 Å². The average molecular weight is 166 g/mol. The van der Waals surface area contributed by atoms with Crippen LogP contribution in [0.1, 0.15) is 32.1 Å². The first-order chi connectivity index (χ1) is 5.93. The van der Waals surface area contributed by atoms with Crippen molar-refractivity contribution >= 4 is 0 Å². The lowest BCUT2D eigenvalue weighted by Gasteiger charge is -2.24. The van der Waals surface area contributed by atoms with Crippen LogP contribution < -0.4 is 0 Å². The Morgan fingerprint density at radius 3 is 2.50 bits per heavy atom. The number of hydrogen-bond donors (Lipinski definition) is 0. The maximum absolute atomic E-state index is 3.81. The molecular formula is C11H20N. The molecule has 1 rings (SSSR count). The summed E-state index contributed by atoms with van der Waals surface area (Å²) in [7, 11) is 0. The molecule has 1 heterocycles. The number of unbranched alkanes of at least 4 members (excludes halogenated alkanes) is 1. The molecular weight excluding hydrogens is 146 g/mol. The third-order valence-electron chi connectivity index (χ3n) is 2.35. The van der Waals surface area contributed by atoms with Gasteiger partial charge in [0.05, 0.1) is 0 Å². The summed E-state index contributed by atoms with van der Waals surface area (Å²) in [5, 5.41) is 0. The van der Waals surface area contributed by atoms with E-state index in [9.17, 15) is 0 Å². The fourth-order valence-electron chi connectivity index (χ4n) is 1.60. The van der Waals surface area contributed by atoms with Gasteiger partial charge in [-0.05, 0) is 38.8 Å². The molecule has 69 valence electrons. The van der Waals surface area contributed by atoms with Crippen molar-refractivity contribution in [2.24, 2.45) is 0 Å². The van der Waals surface area contributed by atoms with E-state index in [1.165, 1.54) is 32.4 Å². The molecule has 1 fully saturated rings. The topological polar surface area (TPSA) is 3.24 Å². The summed E-state index contributed by atoms with van der Waals surface area (Å²) < 4.78 is 0. The van der Waals surface area contributed by atoms with Gasteiger partial charge in [-0.15, -0.1) is 0 Å². The lowest BCUT2D eigenvalue weighted by molar-refractivity contribution is 0.251. The summed E-state index contributed by atoms with van der Waals surface area (Å²) in [5.41, 5.74) is 0. The van der Waals surface area contributed by atoms with Crippen LogP contribution >= 0.6 is 0 Å². The molecule has 0 aromatic rings. The van der Waals surface area contributed by atoms with Crippen LogP contribution in [-0.2, 0) is 0 Å². The Balaban J connectivity index is 2.04. The molecule has 1 aliphatic heterocycles. The Kier molecular flexibility index (Phi) is 5.09. The molecule has 0 aliphatic carbocycles. The number of rotatable bonds is 4. The number of piperidine rings is 1. The molecule has 0 saturated carbocycles. The average Bonchev–Trinajstić information content (AvgIpc) is 2.14. The Morgan fingerprint density at radius 1 is 1.08 bits per heavy atom. The third kappa shape index (κ3) is 3.91. The Morgan fingerprint density at radius 2 is 1.83 bits per heavy atom. The van der Waals surface area contributed by atoms with Gasteiger partial charge in [-0.1, -0.05) is 25.5 Å². The number of nitrogens with zero attached hydrogens (tertiary/aromatic N) is 1. The van der Waals surface area contributed by atoms with Gasteiger partial charge < -0.3 is 0 Å². The molecule has 0 aromatic heterocycles. The van der Waals surface area contributed by atoms with E-state index in [-0.39, 0.29) is 0 Å². The summed E-state index contributed by atoms with van der Waals surface area (Å²) in [6.45, 7) is 7.56. The van der Waals surface area contributed by atoms with Gasteiger partial charge in [0.2, 0.25) is 0 Å². The van der Waals surface area contributed by atoms with Crippen molar-refractivity contribution in [1.82, 2.24) is 4.90 Å². The van der Waals surface area contributed by atoms with E-state index in [0.29, 0.717) is 0 Å². The van der Waals surface area contributed by atoms with E-state index in [2.05, 4.69) is 24.0 Å². The predicted molar refractivity (Wildman–Crippen MR) is 54.0 cm³/mol. The number of likely N-dealkylation sites (tertiary alicyclic amines) is 1. The van der Waals surface area contributed by atoms with Crippen molar-refractivity contribution in [2.45, 2.75) is 32.1 Å². The highest BCUT2D eigenvalue weighted by atomic mass is 15.1. The van der Waals surface area contributed by atoms with Crippen LogP contribution in [0.5, 0.6) is 0 Å². The summed E-state index contributed by atoms with van der Waals surface area (Å²) >= 11 is 0. The molecule has 1 saturated heterocycles. The highest BCUT2D eigenvalue weighted by Crippen LogP contribution is 2.07. The second kappa shape index (κ2) is 6.24. The number of hydrogen-bond acceptors (Lipinski definition) is 1. The SMILES string of the molecule is [CH2]CCC=CCN1CCCCC1. The zero-order valence-electron chi connectivity index (χ0n) is 7.97. The summed E-state index contributed by atoms with van der Waals surface area (Å²) in [5.74, 6) is 0. The molecule has 1 radical (unpaired) electrons. The fourth-order valence-corrected chi connectivity index (χ4v) is 1.60. The van der Waals surface area contributed by atoms with Crippen molar-refractivity contribution < 1.29 is 0 Å². The van der Waals surface area contributed by atoms with Crippen molar-refractivity contribution in [3.05, 3.63) is 19.1 Å². The maximum Gasteiger partial charge on any atom is 0.0163 e. The number of allylic oxidation sites excluding steroid dienone is 1. The van der Waals surface area contributed by atoms with Crippen molar-refractivity contribution in [1.29, 1.82) is 0 Å². The van der Waals surface area contributed by atoms with E-state index in [1.807, 2.05) is 0 Å². The second-order valence-corrected chi connectivity index (χ2v) is 3.47. The monoisotopic (exact) mass is 166 g/mol. The molecule has 1 nitrogen and oxygen atoms in total. The molecule has 1 aliphatic rings. The first-order valence-corrected chi connectivity index (χ1v) is 5.10. The fraction of sp³-hybridized carbons (Fsp3) is 0.727. The summed E-state index contributed by atoms with van der Waals surface area (Å²) in [6.07, 6.45) is 10.9. The van der Waals surface area contributed by atoms with Gasteiger partial charge in [0, 0.05) is 6.54 Å². The minimum absolute atomic E-state index is 1.02. The van der Waals surface area contributed by atoms with Gasteiger partial charge in [0.25, 0.3) is 0 Å². The third-order valence-corrected chi connectivity index (χ3v) is 2.35. The van der Waals surface area contributed by atoms with Gasteiger partial charge in [-0.3, -0.25) is 4.90 Å². The zero-order valence-corrected chi connectivity index (χ0v) is 7.97. The lowest BCUT2D eigenvalue weighted by atomic mass is 10.1. The van der Waals surface area contributed by atoms with E-state index in [4.69, 9.17) is 0 Å². The van der Waals surface area contributed by atoms with Crippen LogP contribution in [0.4, 0.5) is 0 Å². The first kappa shape index (κ1) is 9.79. The maximum atomic E-state index is 3.81. The van der Waals surface area contributed by atoms with E-state index in [0.717, 1.165) is 19.4 Å². The van der Waals surface area contributed by atoms with Crippen LogP contribution in [0, 0.1) is 6.92 Å². The van der Waals surface area contributed by atoms with Gasteiger partial charge >= 0.3 is 0 Å². The highest BCUT2D eigenvalue weighted by molar-refractivity contribution is 4.85. The minimum atomic E-state index is 1.02. The van der Waals surface area contributed by atoms with E-state index >= 15 is 0 Å². The summed E-state index contributed by atoms with van der Waals surface area (Å²) in [6, 6.07) is 0. The van der Waals surface area contributed by atoms with Crippen LogP contribution in [0.2, 0.25) is 0 Å². The molecule has 12 heavy (non-hydrogen) atoms. The molecule has 0 aromatic carbocycles. The first-order valence-electron chi connectivity index (χ1n) is 5.10. The highest BCUT2D eigenvalue weighted by Gasteiger charge is 2.06. The Labute approximate surface area is 76.5 Å². The Bertz CT molecular complexity index is 123. The van der Waals surface area contributed by atoms with Crippen LogP contribution in [0.15, 0.2) is 12.2 Å². The normalized spacial score (nSPS) is 20.4. The van der Waals surface area contributed by atoms with Crippen LogP contribution in [0.25, 0.3) is 0 Å². The van der Waals surface area contributed by atoms with Crippen molar-refractivity contribution in [3.8, 4) is 0 Å². The molecule has 0 unspecified atom stereocenters. The zero-order chi connectivity index (χ0) is 8.65. The second-order valence-electron chi connectivity index (χ2n) is 3.47. The van der Waals surface area contributed by atoms with Crippen LogP contribution in [-0.4, -0.2) is 24.5 Å². The van der Waals surface area contributed by atoms with Gasteiger partial charge in [-0.2, -0.15) is 0 Å². The summed E-state index contributed by atoms with van der Waals surface area (Å²) in [4.78, 5) is 2.53. The molecule has 1 heteroatoms. The lowest BCUT2D eigenvalue weighted by Crippen LogP contribution is -2.29. The largest absolute Gasteiger partial charge is 0.300 e.